The zero-order valence-corrected chi connectivity index (χ0v) is 34.3. The fraction of sp³-hybridized carbons (Fsp3) is 0.644. The molecule has 0 N–H and O–H groups in total. The van der Waals surface area contributed by atoms with Gasteiger partial charge in [-0.05, 0) is 142 Å². The Morgan fingerprint density at radius 2 is 1.35 bits per heavy atom. The summed E-state index contributed by atoms with van der Waals surface area (Å²) in [5.41, 5.74) is 8.72. The highest BCUT2D eigenvalue weighted by molar-refractivity contribution is 6.76. The Kier molecular flexibility index (Phi) is 10.2. The molecule has 1 saturated carbocycles. The van der Waals surface area contributed by atoms with Gasteiger partial charge in [-0.25, -0.2) is 0 Å². The van der Waals surface area contributed by atoms with E-state index in [1.54, 1.807) is 11.1 Å². The molecular weight excluding hydrogens is 599 g/mol. The topological polar surface area (TPSA) is 12.5 Å². The van der Waals surface area contributed by atoms with Crippen LogP contribution in [-0.2, 0) is 10.8 Å². The molecule has 4 atom stereocenters. The van der Waals surface area contributed by atoms with Gasteiger partial charge in [-0.3, -0.25) is 0 Å². The third kappa shape index (κ3) is 6.81. The number of unbranched alkanes of at least 4 members (excludes halogenated alkanes) is 2. The van der Waals surface area contributed by atoms with E-state index in [4.69, 9.17) is 4.74 Å². The number of hydrogen-bond donors (Lipinski definition) is 0. The van der Waals surface area contributed by atoms with Gasteiger partial charge in [-0.2, -0.15) is 0 Å². The monoisotopic (exact) mass is 668 g/mol. The maximum atomic E-state index is 6.63. The molecule has 0 aromatic heterocycles. The predicted octanol–water partition coefficient (Wildman–Crippen LogP) is 13.5. The molecular formula is C45H69NOSi. The first-order valence-electron chi connectivity index (χ1n) is 19.4. The lowest BCUT2D eigenvalue weighted by Crippen LogP contribution is -2.67. The minimum absolute atomic E-state index is 0.0590. The van der Waals surface area contributed by atoms with Crippen molar-refractivity contribution in [2.45, 2.75) is 169 Å². The lowest BCUT2D eigenvalue weighted by molar-refractivity contribution is 0.121. The van der Waals surface area contributed by atoms with E-state index < -0.39 is 8.24 Å². The third-order valence-electron chi connectivity index (χ3n) is 12.1. The van der Waals surface area contributed by atoms with Gasteiger partial charge in [0.2, 0.25) is 0 Å². The lowest BCUT2D eigenvalue weighted by Gasteiger charge is -2.57. The van der Waals surface area contributed by atoms with Gasteiger partial charge in [-0.15, -0.1) is 0 Å². The molecule has 0 bridgehead atoms. The van der Waals surface area contributed by atoms with E-state index in [0.717, 1.165) is 23.0 Å². The van der Waals surface area contributed by atoms with Crippen molar-refractivity contribution in [2.75, 3.05) is 0 Å². The van der Waals surface area contributed by atoms with Gasteiger partial charge in [0.05, 0.1) is 0 Å². The van der Waals surface area contributed by atoms with Crippen LogP contribution >= 0.6 is 0 Å². The number of rotatable bonds is 10. The molecule has 0 saturated heterocycles. The second-order valence-corrected chi connectivity index (χ2v) is 23.8. The summed E-state index contributed by atoms with van der Waals surface area (Å²) in [5.74, 6) is 3.85. The Labute approximate surface area is 296 Å². The van der Waals surface area contributed by atoms with Gasteiger partial charge >= 0.3 is 0 Å². The van der Waals surface area contributed by atoms with Gasteiger partial charge in [0.1, 0.15) is 19.7 Å². The predicted molar refractivity (Wildman–Crippen MR) is 212 cm³/mol. The summed E-state index contributed by atoms with van der Waals surface area (Å²) in [7, 11) is -1.89. The molecule has 0 aliphatic heterocycles. The van der Waals surface area contributed by atoms with Gasteiger partial charge in [0.25, 0.3) is 0 Å². The molecule has 3 heteroatoms. The van der Waals surface area contributed by atoms with Crippen LogP contribution in [0.2, 0.25) is 18.6 Å². The van der Waals surface area contributed by atoms with E-state index in [9.17, 15) is 0 Å². The van der Waals surface area contributed by atoms with E-state index in [1.165, 1.54) is 61.6 Å². The van der Waals surface area contributed by atoms with Crippen LogP contribution in [0.5, 0.6) is 11.5 Å². The summed E-state index contributed by atoms with van der Waals surface area (Å²) >= 11 is 0. The van der Waals surface area contributed by atoms with Gasteiger partial charge in [-0.1, -0.05) is 111 Å². The Hall–Kier alpha value is -2.10. The molecule has 2 aromatic rings. The maximum absolute atomic E-state index is 6.63. The first-order chi connectivity index (χ1) is 22.3. The first kappa shape index (κ1) is 37.2. The van der Waals surface area contributed by atoms with E-state index in [1.807, 2.05) is 0 Å². The maximum Gasteiger partial charge on any atom is 0.127 e. The Morgan fingerprint density at radius 1 is 0.792 bits per heavy atom. The number of benzene rings is 2. The summed E-state index contributed by atoms with van der Waals surface area (Å²) in [5, 5.41) is 0. The van der Waals surface area contributed by atoms with Crippen molar-refractivity contribution < 1.29 is 4.74 Å². The quantitative estimate of drug-likeness (QED) is 0.234. The van der Waals surface area contributed by atoms with Crippen LogP contribution in [0.4, 0.5) is 0 Å². The molecule has 2 nitrogen and oxygen atoms in total. The second-order valence-electron chi connectivity index (χ2n) is 19.3. The molecule has 4 unspecified atom stereocenters. The SMILES string of the molecule is CCCCC1(CCCC)C2=CC3C(C=C2c2ccc(Oc4ccc(C(C)(C)C)cc4)cc21)CC(C)C3[Si](C)(C)N(C(C)(C)C)C(C)(C)C. The highest BCUT2D eigenvalue weighted by Crippen LogP contribution is 2.63. The second kappa shape index (κ2) is 13.2. The Morgan fingerprint density at radius 3 is 1.88 bits per heavy atom. The van der Waals surface area contributed by atoms with Crippen LogP contribution < -0.4 is 4.74 Å². The molecule has 2 aromatic carbocycles. The van der Waals surface area contributed by atoms with Gasteiger partial charge in [0.15, 0.2) is 0 Å². The molecule has 3 aliphatic carbocycles. The van der Waals surface area contributed by atoms with Crippen molar-refractivity contribution in [2.24, 2.45) is 17.8 Å². The largest absolute Gasteiger partial charge is 0.457 e. The zero-order valence-electron chi connectivity index (χ0n) is 33.3. The average molecular weight is 668 g/mol. The molecule has 0 radical (unpaired) electrons. The molecule has 1 fully saturated rings. The van der Waals surface area contributed by atoms with E-state index in [0.29, 0.717) is 11.8 Å². The average Bonchev–Trinajstić information content (AvgIpc) is 3.42. The van der Waals surface area contributed by atoms with Crippen LogP contribution in [0, 0.1) is 17.8 Å². The highest BCUT2D eigenvalue weighted by Gasteiger charge is 2.57. The summed E-state index contributed by atoms with van der Waals surface area (Å²) in [6, 6.07) is 15.8. The van der Waals surface area contributed by atoms with Crippen LogP contribution in [0.15, 0.2) is 60.2 Å². The van der Waals surface area contributed by atoms with Crippen LogP contribution in [0.25, 0.3) is 5.57 Å². The summed E-state index contributed by atoms with van der Waals surface area (Å²) in [4.78, 5) is 0. The number of allylic oxidation sites excluding steroid dienone is 4. The number of nitrogens with zero attached hydrogens (tertiary/aromatic N) is 1. The fourth-order valence-corrected chi connectivity index (χ4v) is 17.8. The smallest absolute Gasteiger partial charge is 0.127 e. The molecule has 0 heterocycles. The van der Waals surface area contributed by atoms with Crippen molar-refractivity contribution in [3.05, 3.63) is 76.9 Å². The molecule has 5 rings (SSSR count). The summed E-state index contributed by atoms with van der Waals surface area (Å²) < 4.78 is 9.61. The minimum Gasteiger partial charge on any atom is -0.457 e. The molecule has 0 spiro atoms. The standard InChI is InChI=1S/C45H69NOSi/c1-15-17-25-45(26-18-16-2)39-29-35(47-34-21-19-33(20-22-34)42(4,5)6)23-24-36(39)38-28-32-27-31(3)41(37(32)30-40(38)45)48(13,14)46(43(7,8)9)44(10,11)12/h19-24,28-32,37,41H,15-18,25-27H2,1-14H3. The number of hydrogen-bond acceptors (Lipinski definition) is 2. The Bertz CT molecular complexity index is 1480. The molecule has 264 valence electrons. The van der Waals surface area contributed by atoms with Crippen molar-refractivity contribution in [3.8, 4) is 11.5 Å². The molecule has 3 aliphatic rings. The van der Waals surface area contributed by atoms with Crippen molar-refractivity contribution in [1.82, 2.24) is 4.57 Å². The zero-order chi connectivity index (χ0) is 35.4. The normalized spacial score (nSPS) is 23.8. The third-order valence-corrected chi connectivity index (χ3v) is 17.2. The van der Waals surface area contributed by atoms with Crippen molar-refractivity contribution >= 4 is 13.8 Å². The summed E-state index contributed by atoms with van der Waals surface area (Å²) in [6.45, 7) is 34.2. The van der Waals surface area contributed by atoms with E-state index in [-0.39, 0.29) is 21.9 Å². The van der Waals surface area contributed by atoms with E-state index >= 15 is 0 Å². The Balaban J connectivity index is 1.61. The van der Waals surface area contributed by atoms with Crippen LogP contribution in [-0.4, -0.2) is 23.9 Å². The van der Waals surface area contributed by atoms with Crippen LogP contribution in [0.1, 0.15) is 145 Å². The molecule has 0 amide bonds. The van der Waals surface area contributed by atoms with Crippen LogP contribution in [0.3, 0.4) is 0 Å². The van der Waals surface area contributed by atoms with Gasteiger partial charge in [0, 0.05) is 16.5 Å². The number of fused-ring (bicyclic) bond motifs is 4. The summed E-state index contributed by atoms with van der Waals surface area (Å²) in [6.07, 6.45) is 14.3. The minimum atomic E-state index is -1.89. The highest BCUT2D eigenvalue weighted by atomic mass is 28.3. The fourth-order valence-electron chi connectivity index (χ4n) is 11.2. The lowest BCUT2D eigenvalue weighted by atomic mass is 9.68. The van der Waals surface area contributed by atoms with Gasteiger partial charge < -0.3 is 9.30 Å². The number of ether oxygens (including phenoxy) is 1. The molecule has 48 heavy (non-hydrogen) atoms. The van der Waals surface area contributed by atoms with Crippen molar-refractivity contribution in [1.29, 1.82) is 0 Å². The first-order valence-corrected chi connectivity index (χ1v) is 22.5. The van der Waals surface area contributed by atoms with E-state index in [2.05, 4.69) is 155 Å². The van der Waals surface area contributed by atoms with Crippen molar-refractivity contribution in [3.63, 3.8) is 0 Å².